The van der Waals surface area contributed by atoms with E-state index < -0.39 is 6.10 Å². The number of rotatable bonds is 50. The van der Waals surface area contributed by atoms with Gasteiger partial charge in [-0.2, -0.15) is 0 Å². The SMILES string of the molecule is CC/C=C\C/C=C\C/C=C\C/C=C\CCCCCCC(=O)O[C@H](COC(=O)CCCCC/C=C\C/C=C\C/C=C\C/C=C\CCCCC)COC(=O)CCCCCCC/C=C\CCCCCCCC. The van der Waals surface area contributed by atoms with E-state index in [1.807, 2.05) is 0 Å². The highest BCUT2D eigenvalue weighted by Crippen LogP contribution is 2.13. The van der Waals surface area contributed by atoms with E-state index in [2.05, 4.69) is 130 Å². The Bertz CT molecular complexity index is 1420. The minimum absolute atomic E-state index is 0.104. The first-order valence-corrected chi connectivity index (χ1v) is 28.4. The second kappa shape index (κ2) is 56.7. The van der Waals surface area contributed by atoms with Crippen LogP contribution in [0.25, 0.3) is 0 Å². The fourth-order valence-corrected chi connectivity index (χ4v) is 7.47. The van der Waals surface area contributed by atoms with Crippen LogP contribution >= 0.6 is 0 Å². The predicted molar refractivity (Wildman–Crippen MR) is 297 cm³/mol. The topological polar surface area (TPSA) is 78.9 Å². The van der Waals surface area contributed by atoms with Gasteiger partial charge in [0.1, 0.15) is 13.2 Å². The highest BCUT2D eigenvalue weighted by molar-refractivity contribution is 5.71. The molecule has 0 aromatic carbocycles. The van der Waals surface area contributed by atoms with E-state index in [4.69, 9.17) is 14.2 Å². The Hall–Kier alpha value is -3.93. The Balaban J connectivity index is 4.52. The fraction of sp³-hybridized carbons (Fsp3) is 0.667. The molecule has 0 fully saturated rings. The van der Waals surface area contributed by atoms with E-state index in [-0.39, 0.29) is 37.5 Å². The smallest absolute Gasteiger partial charge is 0.306 e. The average Bonchev–Trinajstić information content (AvgIpc) is 3.35. The highest BCUT2D eigenvalue weighted by atomic mass is 16.6. The van der Waals surface area contributed by atoms with E-state index in [1.54, 1.807) is 0 Å². The summed E-state index contributed by atoms with van der Waals surface area (Å²) in [6, 6.07) is 0. The molecule has 0 aliphatic heterocycles. The maximum Gasteiger partial charge on any atom is 0.306 e. The molecule has 0 amide bonds. The van der Waals surface area contributed by atoms with Gasteiger partial charge in [0.05, 0.1) is 0 Å². The quantitative estimate of drug-likeness (QED) is 0.0262. The normalized spacial score (nSPS) is 12.9. The summed E-state index contributed by atoms with van der Waals surface area (Å²) in [7, 11) is 0. The van der Waals surface area contributed by atoms with Crippen molar-refractivity contribution in [3.8, 4) is 0 Å². The van der Waals surface area contributed by atoms with Crippen LogP contribution in [0.2, 0.25) is 0 Å². The second-order valence-corrected chi connectivity index (χ2v) is 18.5. The Labute approximate surface area is 425 Å². The maximum atomic E-state index is 12.8. The monoisotopic (exact) mass is 957 g/mol. The molecule has 0 spiro atoms. The molecule has 0 heterocycles. The van der Waals surface area contributed by atoms with Gasteiger partial charge in [-0.3, -0.25) is 14.4 Å². The third kappa shape index (κ3) is 54.9. The van der Waals surface area contributed by atoms with Crippen molar-refractivity contribution in [2.75, 3.05) is 13.2 Å². The van der Waals surface area contributed by atoms with Crippen LogP contribution in [-0.2, 0) is 28.6 Å². The molecule has 0 aromatic rings. The standard InChI is InChI=1S/C63H104O6/c1-4-7-10-13-16-19-22-25-28-30-31-33-35-38-41-44-47-50-53-56-62(65)68-59-60(58-67-61(64)55-52-49-46-43-40-37-34-27-24-21-18-15-12-9-6-3)69-63(66)57-54-51-48-45-42-39-36-32-29-26-23-20-17-14-11-8-5-2/h8,11,16-17,19-20,25-29,31,33-34,36,38-39,41,60H,4-7,9-10,12-15,18,21-24,30,32,35,37,40,42-59H2,1-3H3/b11-8-,19-16-,20-17-,28-25-,29-26-,33-31-,34-27-,39-36-,41-38-/t60-/m0/s1. The molecule has 0 aliphatic rings. The van der Waals surface area contributed by atoms with Gasteiger partial charge in [-0.1, -0.05) is 214 Å². The summed E-state index contributed by atoms with van der Waals surface area (Å²) < 4.78 is 16.8. The third-order valence-electron chi connectivity index (χ3n) is 11.7. The first-order chi connectivity index (χ1) is 34.0. The summed E-state index contributed by atoms with van der Waals surface area (Å²) in [6.07, 6.45) is 76.4. The number of hydrogen-bond donors (Lipinski definition) is 0. The van der Waals surface area contributed by atoms with E-state index in [9.17, 15) is 14.4 Å². The molecule has 1 atom stereocenters. The number of hydrogen-bond acceptors (Lipinski definition) is 6. The molecule has 0 aliphatic carbocycles. The van der Waals surface area contributed by atoms with E-state index >= 15 is 0 Å². The minimum Gasteiger partial charge on any atom is -0.462 e. The van der Waals surface area contributed by atoms with Gasteiger partial charge in [0.2, 0.25) is 0 Å². The fourth-order valence-electron chi connectivity index (χ4n) is 7.47. The van der Waals surface area contributed by atoms with Gasteiger partial charge in [-0.15, -0.1) is 0 Å². The van der Waals surface area contributed by atoms with Crippen molar-refractivity contribution in [2.45, 2.75) is 258 Å². The number of esters is 3. The van der Waals surface area contributed by atoms with Crippen LogP contribution in [0.3, 0.4) is 0 Å². The molecule has 0 saturated carbocycles. The third-order valence-corrected chi connectivity index (χ3v) is 11.7. The van der Waals surface area contributed by atoms with Gasteiger partial charge in [-0.05, 0) is 128 Å². The van der Waals surface area contributed by atoms with Crippen molar-refractivity contribution >= 4 is 17.9 Å². The van der Waals surface area contributed by atoms with Crippen LogP contribution in [0, 0.1) is 0 Å². The van der Waals surface area contributed by atoms with Crippen LogP contribution in [0.4, 0.5) is 0 Å². The van der Waals surface area contributed by atoms with Gasteiger partial charge in [0.15, 0.2) is 6.10 Å². The van der Waals surface area contributed by atoms with Crippen molar-refractivity contribution in [1.29, 1.82) is 0 Å². The van der Waals surface area contributed by atoms with Gasteiger partial charge in [0, 0.05) is 19.3 Å². The molecule has 0 saturated heterocycles. The molecule has 0 aromatic heterocycles. The summed E-state index contributed by atoms with van der Waals surface area (Å²) in [5.41, 5.74) is 0. The first kappa shape index (κ1) is 65.1. The molecular weight excluding hydrogens is 853 g/mol. The zero-order valence-corrected chi connectivity index (χ0v) is 44.8. The summed E-state index contributed by atoms with van der Waals surface area (Å²) in [4.78, 5) is 38.1. The van der Waals surface area contributed by atoms with Crippen LogP contribution < -0.4 is 0 Å². The molecule has 392 valence electrons. The average molecular weight is 958 g/mol. The number of carbonyl (C=O) groups excluding carboxylic acids is 3. The molecule has 0 N–H and O–H groups in total. The first-order valence-electron chi connectivity index (χ1n) is 28.4. The van der Waals surface area contributed by atoms with E-state index in [0.717, 1.165) is 135 Å². The van der Waals surface area contributed by atoms with E-state index in [1.165, 1.54) is 77.0 Å². The molecule has 6 nitrogen and oxygen atoms in total. The van der Waals surface area contributed by atoms with Crippen molar-refractivity contribution in [2.24, 2.45) is 0 Å². The van der Waals surface area contributed by atoms with Crippen LogP contribution in [0.5, 0.6) is 0 Å². The maximum absolute atomic E-state index is 12.8. The number of carbonyl (C=O) groups is 3. The molecule has 0 unspecified atom stereocenters. The Morgan fingerprint density at radius 1 is 0.304 bits per heavy atom. The lowest BCUT2D eigenvalue weighted by molar-refractivity contribution is -0.167. The molecule has 0 radical (unpaired) electrons. The molecule has 0 rings (SSSR count). The largest absolute Gasteiger partial charge is 0.462 e. The Morgan fingerprint density at radius 2 is 0.565 bits per heavy atom. The molecule has 0 bridgehead atoms. The predicted octanol–water partition coefficient (Wildman–Crippen LogP) is 19.1. The van der Waals surface area contributed by atoms with Gasteiger partial charge >= 0.3 is 17.9 Å². The van der Waals surface area contributed by atoms with Gasteiger partial charge in [-0.25, -0.2) is 0 Å². The van der Waals surface area contributed by atoms with E-state index in [0.29, 0.717) is 12.8 Å². The van der Waals surface area contributed by atoms with Crippen LogP contribution in [0.15, 0.2) is 109 Å². The molecular formula is C63H104O6. The lowest BCUT2D eigenvalue weighted by Gasteiger charge is -2.18. The zero-order valence-electron chi connectivity index (χ0n) is 44.8. The van der Waals surface area contributed by atoms with Gasteiger partial charge < -0.3 is 14.2 Å². The van der Waals surface area contributed by atoms with Crippen LogP contribution in [-0.4, -0.2) is 37.2 Å². The molecule has 69 heavy (non-hydrogen) atoms. The van der Waals surface area contributed by atoms with Gasteiger partial charge in [0.25, 0.3) is 0 Å². The number of allylic oxidation sites excluding steroid dienone is 18. The lowest BCUT2D eigenvalue weighted by Crippen LogP contribution is -2.30. The zero-order chi connectivity index (χ0) is 50.0. The number of ether oxygens (including phenoxy) is 3. The summed E-state index contributed by atoms with van der Waals surface area (Å²) in [5.74, 6) is -0.968. The number of unbranched alkanes of at least 4 members (excludes halogenated alkanes) is 21. The Kier molecular flexibility index (Phi) is 53.4. The van der Waals surface area contributed by atoms with Crippen molar-refractivity contribution < 1.29 is 28.6 Å². The minimum atomic E-state index is -0.810. The highest BCUT2D eigenvalue weighted by Gasteiger charge is 2.19. The van der Waals surface area contributed by atoms with Crippen molar-refractivity contribution in [1.82, 2.24) is 0 Å². The second-order valence-electron chi connectivity index (χ2n) is 18.5. The van der Waals surface area contributed by atoms with Crippen molar-refractivity contribution in [3.05, 3.63) is 109 Å². The summed E-state index contributed by atoms with van der Waals surface area (Å²) in [6.45, 7) is 6.44. The Morgan fingerprint density at radius 3 is 0.942 bits per heavy atom. The van der Waals surface area contributed by atoms with Crippen LogP contribution in [0.1, 0.15) is 252 Å². The molecule has 6 heteroatoms. The van der Waals surface area contributed by atoms with Crippen molar-refractivity contribution in [3.63, 3.8) is 0 Å². The lowest BCUT2D eigenvalue weighted by atomic mass is 10.1. The summed E-state index contributed by atoms with van der Waals surface area (Å²) >= 11 is 0. The summed E-state index contributed by atoms with van der Waals surface area (Å²) in [5, 5.41) is 0.